The summed E-state index contributed by atoms with van der Waals surface area (Å²) in [5.41, 5.74) is 0.782. The molecule has 8 nitrogen and oxygen atoms in total. The molecule has 0 radical (unpaired) electrons. The Morgan fingerprint density at radius 2 is 1.78 bits per heavy atom. The normalized spacial score (nSPS) is 12.7. The number of sulfonamides is 1. The van der Waals surface area contributed by atoms with Gasteiger partial charge in [-0.25, -0.2) is 17.9 Å². The molecule has 1 aromatic heterocycles. The lowest BCUT2D eigenvalue weighted by Gasteiger charge is -2.15. The molecule has 3 aromatic rings. The molecule has 2 aromatic carbocycles. The highest BCUT2D eigenvalue weighted by Crippen LogP contribution is 2.29. The van der Waals surface area contributed by atoms with E-state index in [0.717, 1.165) is 0 Å². The van der Waals surface area contributed by atoms with Crippen molar-refractivity contribution in [3.8, 4) is 11.4 Å². The molecule has 1 amide bonds. The van der Waals surface area contributed by atoms with E-state index >= 15 is 0 Å². The van der Waals surface area contributed by atoms with Crippen molar-refractivity contribution in [3.63, 3.8) is 0 Å². The Balaban J connectivity index is 1.78. The number of carbonyl (C=O) groups excluding carboxylic acids is 1. The maximum atomic E-state index is 14.3. The second-order valence-corrected chi connectivity index (χ2v) is 10.5. The molecule has 3 N–H and O–H groups in total. The molecular weight excluding hydrogens is 453 g/mol. The molecule has 3 rings (SSSR count). The largest absolute Gasteiger partial charge is 0.325 e. The summed E-state index contributed by atoms with van der Waals surface area (Å²) in [4.78, 5) is 12.6. The minimum absolute atomic E-state index is 0.0413. The van der Waals surface area contributed by atoms with Crippen molar-refractivity contribution >= 4 is 33.4 Å². The first kappa shape index (κ1) is 23.9. The number of nitrogens with two attached hydrogens (primary N) is 1. The van der Waals surface area contributed by atoms with Crippen LogP contribution in [0.25, 0.3) is 11.4 Å². The van der Waals surface area contributed by atoms with E-state index in [1.165, 1.54) is 42.1 Å². The van der Waals surface area contributed by atoms with Crippen molar-refractivity contribution in [1.29, 1.82) is 0 Å². The van der Waals surface area contributed by atoms with Crippen LogP contribution in [0.2, 0.25) is 0 Å². The summed E-state index contributed by atoms with van der Waals surface area (Å²) < 4.78 is 38.9. The van der Waals surface area contributed by atoms with Gasteiger partial charge < -0.3 is 9.88 Å². The maximum Gasteiger partial charge on any atom is 0.238 e. The van der Waals surface area contributed by atoms with Gasteiger partial charge in [0.15, 0.2) is 11.0 Å². The molecule has 0 bridgehead atoms. The third-order valence-corrected chi connectivity index (χ3v) is 6.49. The predicted molar refractivity (Wildman–Crippen MR) is 122 cm³/mol. The molecule has 0 spiro atoms. The van der Waals surface area contributed by atoms with E-state index in [9.17, 15) is 17.6 Å². The highest BCUT2D eigenvalue weighted by atomic mass is 32.2. The molecule has 0 saturated carbocycles. The van der Waals surface area contributed by atoms with Crippen LogP contribution in [0, 0.1) is 11.7 Å². The van der Waals surface area contributed by atoms with Crippen LogP contribution in [0.15, 0.2) is 58.6 Å². The number of rotatable bonds is 8. The molecule has 11 heteroatoms. The van der Waals surface area contributed by atoms with Gasteiger partial charge in [0.05, 0.1) is 15.7 Å². The molecule has 0 fully saturated rings. The Kier molecular flexibility index (Phi) is 7.32. The highest BCUT2D eigenvalue weighted by molar-refractivity contribution is 8.00. The highest BCUT2D eigenvalue weighted by Gasteiger charge is 2.22. The lowest BCUT2D eigenvalue weighted by Crippen LogP contribution is -2.23. The van der Waals surface area contributed by atoms with Crippen LogP contribution in [-0.4, -0.2) is 34.3 Å². The minimum Gasteiger partial charge on any atom is -0.325 e. The van der Waals surface area contributed by atoms with E-state index in [-0.39, 0.29) is 16.7 Å². The fourth-order valence-electron chi connectivity index (χ4n) is 2.93. The third kappa shape index (κ3) is 5.72. The van der Waals surface area contributed by atoms with E-state index in [1.807, 2.05) is 18.4 Å². The summed E-state index contributed by atoms with van der Waals surface area (Å²) in [7, 11) is -3.81. The predicted octanol–water partition coefficient (Wildman–Crippen LogP) is 3.51. The number of hydrogen-bond acceptors (Lipinski definition) is 6. The van der Waals surface area contributed by atoms with Gasteiger partial charge in [-0.15, -0.1) is 10.2 Å². The molecule has 0 aliphatic rings. The first-order valence-corrected chi connectivity index (χ1v) is 12.3. The van der Waals surface area contributed by atoms with Gasteiger partial charge in [0.25, 0.3) is 0 Å². The van der Waals surface area contributed by atoms with Gasteiger partial charge in [-0.2, -0.15) is 0 Å². The van der Waals surface area contributed by atoms with Crippen molar-refractivity contribution < 1.29 is 17.6 Å². The van der Waals surface area contributed by atoms with Crippen molar-refractivity contribution in [3.05, 3.63) is 54.3 Å². The lowest BCUT2D eigenvalue weighted by molar-refractivity contribution is -0.115. The number of aromatic nitrogens is 3. The summed E-state index contributed by atoms with van der Waals surface area (Å²) >= 11 is 1.21. The number of thioether (sulfide) groups is 1. The van der Waals surface area contributed by atoms with Gasteiger partial charge in [0.2, 0.25) is 15.9 Å². The number of hydrogen-bond donors (Lipinski definition) is 2. The number of carbonyl (C=O) groups is 1. The Bertz CT molecular complexity index is 1210. The van der Waals surface area contributed by atoms with E-state index in [0.29, 0.717) is 28.8 Å². The third-order valence-electron chi connectivity index (χ3n) is 4.48. The van der Waals surface area contributed by atoms with Crippen molar-refractivity contribution in [2.75, 3.05) is 5.32 Å². The molecule has 32 heavy (non-hydrogen) atoms. The Morgan fingerprint density at radius 1 is 1.12 bits per heavy atom. The van der Waals surface area contributed by atoms with Crippen LogP contribution in [0.5, 0.6) is 0 Å². The second-order valence-electron chi connectivity index (χ2n) is 7.61. The molecule has 0 unspecified atom stereocenters. The maximum absolute atomic E-state index is 14.3. The quantitative estimate of drug-likeness (QED) is 0.479. The number of anilines is 1. The molecule has 0 aliphatic heterocycles. The zero-order valence-electron chi connectivity index (χ0n) is 17.8. The van der Waals surface area contributed by atoms with Gasteiger partial charge >= 0.3 is 0 Å². The topological polar surface area (TPSA) is 120 Å². The number of nitrogens with one attached hydrogen (secondary N) is 1. The molecule has 170 valence electrons. The summed E-state index contributed by atoms with van der Waals surface area (Å²) in [6.45, 7) is 6.33. The van der Waals surface area contributed by atoms with Crippen LogP contribution in [0.3, 0.4) is 0 Å². The molecule has 1 atom stereocenters. The fraction of sp³-hybridized carbons (Fsp3) is 0.286. The van der Waals surface area contributed by atoms with Gasteiger partial charge in [-0.05, 0) is 49.2 Å². The van der Waals surface area contributed by atoms with Crippen LogP contribution in [-0.2, 0) is 21.4 Å². The molecular formula is C21H24FN5O3S2. The van der Waals surface area contributed by atoms with Gasteiger partial charge in [0, 0.05) is 12.2 Å². The summed E-state index contributed by atoms with van der Waals surface area (Å²) in [6, 6.07) is 11.9. The van der Waals surface area contributed by atoms with E-state index in [4.69, 9.17) is 5.14 Å². The zero-order chi connectivity index (χ0) is 23.5. The van der Waals surface area contributed by atoms with Crippen LogP contribution >= 0.6 is 11.8 Å². The van der Waals surface area contributed by atoms with E-state index in [2.05, 4.69) is 15.5 Å². The van der Waals surface area contributed by atoms with Crippen molar-refractivity contribution in [1.82, 2.24) is 14.8 Å². The average molecular weight is 478 g/mol. The van der Waals surface area contributed by atoms with Crippen LogP contribution < -0.4 is 10.5 Å². The van der Waals surface area contributed by atoms with Gasteiger partial charge in [-0.3, -0.25) is 4.79 Å². The SMILES string of the molecule is CC(C)Cn1c(S[C@H](C)C(=O)Nc2ccc(S(N)(=O)=O)cc2)nnc1-c1ccccc1F. The number of nitrogens with zero attached hydrogens (tertiary/aromatic N) is 3. The number of amides is 1. The molecule has 0 aliphatic carbocycles. The smallest absolute Gasteiger partial charge is 0.238 e. The van der Waals surface area contributed by atoms with Gasteiger partial charge in [0.1, 0.15) is 5.82 Å². The van der Waals surface area contributed by atoms with Crippen molar-refractivity contribution in [2.45, 2.75) is 42.6 Å². The van der Waals surface area contributed by atoms with Crippen LogP contribution in [0.4, 0.5) is 10.1 Å². The fourth-order valence-corrected chi connectivity index (χ4v) is 4.30. The summed E-state index contributed by atoms with van der Waals surface area (Å²) in [6.07, 6.45) is 0. The first-order valence-electron chi connectivity index (χ1n) is 9.84. The Labute approximate surface area is 190 Å². The minimum atomic E-state index is -3.81. The van der Waals surface area contributed by atoms with Crippen molar-refractivity contribution in [2.24, 2.45) is 11.1 Å². The summed E-state index contributed by atoms with van der Waals surface area (Å²) in [5.74, 6) is -0.0390. The van der Waals surface area contributed by atoms with E-state index < -0.39 is 21.1 Å². The van der Waals surface area contributed by atoms with Gasteiger partial charge in [-0.1, -0.05) is 37.7 Å². The average Bonchev–Trinajstić information content (AvgIpc) is 3.09. The standard InChI is InChI=1S/C21H24FN5O3S2/c1-13(2)12-27-19(17-6-4-5-7-18(17)22)25-26-21(27)31-14(3)20(28)24-15-8-10-16(11-9-15)32(23,29)30/h4-11,13-14H,12H2,1-3H3,(H,24,28)(H2,23,29,30)/t14-/m1/s1. The summed E-state index contributed by atoms with van der Waals surface area (Å²) in [5, 5.41) is 16.2. The Hall–Kier alpha value is -2.76. The molecule has 0 saturated heterocycles. The van der Waals surface area contributed by atoms with Crippen LogP contribution in [0.1, 0.15) is 20.8 Å². The van der Waals surface area contributed by atoms with E-state index in [1.54, 1.807) is 25.1 Å². The first-order chi connectivity index (χ1) is 15.1. The Morgan fingerprint density at radius 3 is 2.38 bits per heavy atom. The molecule has 1 heterocycles. The lowest BCUT2D eigenvalue weighted by atomic mass is 10.2. The number of primary sulfonamides is 1. The number of halogens is 1. The second kappa shape index (κ2) is 9.80. The number of benzene rings is 2. The zero-order valence-corrected chi connectivity index (χ0v) is 19.5. The monoisotopic (exact) mass is 477 g/mol.